The van der Waals surface area contributed by atoms with Crippen molar-refractivity contribution in [2.45, 2.75) is 77.1 Å². The van der Waals surface area contributed by atoms with Gasteiger partial charge in [0, 0.05) is 12.5 Å². The summed E-state index contributed by atoms with van der Waals surface area (Å²) in [4.78, 5) is 12.4. The Morgan fingerprint density at radius 2 is 2.04 bits per heavy atom. The molecule has 2 saturated heterocycles. The molecule has 4 heteroatoms. The van der Waals surface area contributed by atoms with Gasteiger partial charge in [0.2, 0.25) is 0 Å². The van der Waals surface area contributed by atoms with Gasteiger partial charge in [0.05, 0.1) is 18.1 Å². The number of hydrogen-bond acceptors (Lipinski definition) is 4. The van der Waals surface area contributed by atoms with E-state index in [4.69, 9.17) is 9.47 Å². The van der Waals surface area contributed by atoms with Crippen LogP contribution in [0.2, 0.25) is 0 Å². The van der Waals surface area contributed by atoms with Crippen LogP contribution in [-0.4, -0.2) is 37.4 Å². The van der Waals surface area contributed by atoms with Crippen molar-refractivity contribution in [2.24, 2.45) is 29.6 Å². The highest BCUT2D eigenvalue weighted by Gasteiger charge is 2.56. The SMILES string of the molecule is CC1OC(=O)C2CC3CCCCC3C(C(C)O[C@H]3CCCNC3)C12. The average Bonchev–Trinajstić information content (AvgIpc) is 2.87. The van der Waals surface area contributed by atoms with Gasteiger partial charge in [-0.3, -0.25) is 4.79 Å². The second-order valence-corrected chi connectivity index (χ2v) is 8.66. The molecule has 2 aliphatic carbocycles. The van der Waals surface area contributed by atoms with Crippen molar-refractivity contribution in [3.8, 4) is 0 Å². The highest BCUT2D eigenvalue weighted by molar-refractivity contribution is 5.75. The van der Waals surface area contributed by atoms with E-state index in [1.807, 2.05) is 0 Å². The number of ether oxygens (including phenoxy) is 2. The molecule has 4 aliphatic rings. The van der Waals surface area contributed by atoms with Crippen LogP contribution in [0.15, 0.2) is 0 Å². The van der Waals surface area contributed by atoms with E-state index < -0.39 is 0 Å². The number of carbonyl (C=O) groups excluding carboxylic acids is 1. The van der Waals surface area contributed by atoms with Gasteiger partial charge in [-0.1, -0.05) is 19.3 Å². The van der Waals surface area contributed by atoms with E-state index in [0.29, 0.717) is 23.9 Å². The zero-order valence-electron chi connectivity index (χ0n) is 15.2. The van der Waals surface area contributed by atoms with E-state index in [9.17, 15) is 4.79 Å². The summed E-state index contributed by atoms with van der Waals surface area (Å²) in [5.41, 5.74) is 0. The number of esters is 1. The summed E-state index contributed by atoms with van der Waals surface area (Å²) >= 11 is 0. The molecule has 0 bridgehead atoms. The number of piperidine rings is 1. The molecule has 0 radical (unpaired) electrons. The zero-order valence-corrected chi connectivity index (χ0v) is 15.2. The molecular formula is C20H33NO3. The van der Waals surface area contributed by atoms with E-state index in [2.05, 4.69) is 19.2 Å². The van der Waals surface area contributed by atoms with Crippen LogP contribution in [0, 0.1) is 29.6 Å². The van der Waals surface area contributed by atoms with Crippen molar-refractivity contribution in [1.29, 1.82) is 0 Å². The lowest BCUT2D eigenvalue weighted by Gasteiger charge is -2.49. The molecule has 0 aromatic heterocycles. The second kappa shape index (κ2) is 6.95. The van der Waals surface area contributed by atoms with E-state index >= 15 is 0 Å². The lowest BCUT2D eigenvalue weighted by atomic mass is 9.56. The molecule has 2 aliphatic heterocycles. The minimum absolute atomic E-state index is 0.0610. The Balaban J connectivity index is 1.54. The van der Waals surface area contributed by atoms with Gasteiger partial charge in [0.15, 0.2) is 0 Å². The minimum atomic E-state index is 0.0610. The summed E-state index contributed by atoms with van der Waals surface area (Å²) < 4.78 is 12.2. The van der Waals surface area contributed by atoms with Gasteiger partial charge < -0.3 is 14.8 Å². The molecule has 4 rings (SSSR count). The first-order valence-corrected chi connectivity index (χ1v) is 10.2. The standard InChI is InChI=1S/C20H33NO3/c1-12(23-15-7-5-9-21-11-15)18-16-8-4-3-6-14(16)10-17-19(18)13(2)24-20(17)22/h12-19,21H,3-11H2,1-2H3/t12?,13?,14?,15-,16?,17?,18?,19?/m0/s1. The van der Waals surface area contributed by atoms with Crippen molar-refractivity contribution in [3.63, 3.8) is 0 Å². The van der Waals surface area contributed by atoms with Crippen LogP contribution < -0.4 is 5.32 Å². The first kappa shape index (κ1) is 16.8. The number of rotatable bonds is 3. The smallest absolute Gasteiger partial charge is 0.309 e. The first-order valence-electron chi connectivity index (χ1n) is 10.2. The molecule has 2 heterocycles. The Bertz CT molecular complexity index is 462. The Labute approximate surface area is 146 Å². The fourth-order valence-corrected chi connectivity index (χ4v) is 6.31. The lowest BCUT2D eigenvalue weighted by molar-refractivity contribution is -0.144. The monoisotopic (exact) mass is 335 g/mol. The van der Waals surface area contributed by atoms with Crippen LogP contribution in [-0.2, 0) is 14.3 Å². The molecule has 24 heavy (non-hydrogen) atoms. The molecule has 0 aromatic carbocycles. The van der Waals surface area contributed by atoms with E-state index in [-0.39, 0.29) is 24.1 Å². The minimum Gasteiger partial charge on any atom is -0.462 e. The second-order valence-electron chi connectivity index (χ2n) is 8.66. The molecule has 4 nitrogen and oxygen atoms in total. The summed E-state index contributed by atoms with van der Waals surface area (Å²) in [5, 5.41) is 3.46. The molecule has 0 amide bonds. The molecule has 2 saturated carbocycles. The largest absolute Gasteiger partial charge is 0.462 e. The maximum absolute atomic E-state index is 12.4. The molecular weight excluding hydrogens is 302 g/mol. The number of fused-ring (bicyclic) bond motifs is 2. The van der Waals surface area contributed by atoms with E-state index in [0.717, 1.165) is 31.8 Å². The summed E-state index contributed by atoms with van der Waals surface area (Å²) in [5.74, 6) is 2.47. The number of cyclic esters (lactones) is 1. The molecule has 1 N–H and O–H groups in total. The molecule has 7 unspecified atom stereocenters. The third-order valence-electron chi connectivity index (χ3n) is 7.28. The first-order chi connectivity index (χ1) is 11.6. The van der Waals surface area contributed by atoms with Crippen LogP contribution in [0.3, 0.4) is 0 Å². The highest BCUT2D eigenvalue weighted by atomic mass is 16.6. The van der Waals surface area contributed by atoms with Gasteiger partial charge >= 0.3 is 5.97 Å². The molecule has 4 fully saturated rings. The van der Waals surface area contributed by atoms with Crippen molar-refractivity contribution in [1.82, 2.24) is 5.32 Å². The lowest BCUT2D eigenvalue weighted by Crippen LogP contribution is -2.50. The van der Waals surface area contributed by atoms with Crippen LogP contribution in [0.4, 0.5) is 0 Å². The van der Waals surface area contributed by atoms with E-state index in [1.165, 1.54) is 32.1 Å². The number of nitrogens with one attached hydrogen (secondary N) is 1. The summed E-state index contributed by atoms with van der Waals surface area (Å²) in [6.07, 6.45) is 9.34. The van der Waals surface area contributed by atoms with Crippen LogP contribution >= 0.6 is 0 Å². The summed E-state index contributed by atoms with van der Waals surface area (Å²) in [6, 6.07) is 0. The third kappa shape index (κ3) is 3.01. The number of hydrogen-bond donors (Lipinski definition) is 1. The molecule has 136 valence electrons. The van der Waals surface area contributed by atoms with Gasteiger partial charge in [0.25, 0.3) is 0 Å². The fraction of sp³-hybridized carbons (Fsp3) is 0.950. The zero-order chi connectivity index (χ0) is 16.7. The topological polar surface area (TPSA) is 47.6 Å². The Kier molecular flexibility index (Phi) is 4.88. The third-order valence-corrected chi connectivity index (χ3v) is 7.28. The van der Waals surface area contributed by atoms with Crippen molar-refractivity contribution >= 4 is 5.97 Å². The predicted octanol–water partition coefficient (Wildman–Crippen LogP) is 3.15. The average molecular weight is 335 g/mol. The van der Waals surface area contributed by atoms with Gasteiger partial charge in [-0.25, -0.2) is 0 Å². The Morgan fingerprint density at radius 1 is 1.21 bits per heavy atom. The van der Waals surface area contributed by atoms with Gasteiger partial charge in [-0.05, 0) is 63.8 Å². The van der Waals surface area contributed by atoms with Crippen molar-refractivity contribution in [3.05, 3.63) is 0 Å². The molecule has 0 aromatic rings. The van der Waals surface area contributed by atoms with Crippen molar-refractivity contribution < 1.29 is 14.3 Å². The maximum Gasteiger partial charge on any atom is 0.309 e. The van der Waals surface area contributed by atoms with Gasteiger partial charge in [0.1, 0.15) is 6.10 Å². The summed E-state index contributed by atoms with van der Waals surface area (Å²) in [6.45, 7) is 6.47. The van der Waals surface area contributed by atoms with E-state index in [1.54, 1.807) is 0 Å². The molecule has 8 atom stereocenters. The Hall–Kier alpha value is -0.610. The van der Waals surface area contributed by atoms with Crippen LogP contribution in [0.1, 0.15) is 58.8 Å². The summed E-state index contributed by atoms with van der Waals surface area (Å²) in [7, 11) is 0. The van der Waals surface area contributed by atoms with Crippen LogP contribution in [0.5, 0.6) is 0 Å². The quantitative estimate of drug-likeness (QED) is 0.805. The maximum atomic E-state index is 12.4. The van der Waals surface area contributed by atoms with Crippen molar-refractivity contribution in [2.75, 3.05) is 13.1 Å². The van der Waals surface area contributed by atoms with Gasteiger partial charge in [-0.15, -0.1) is 0 Å². The highest BCUT2D eigenvalue weighted by Crippen LogP contribution is 2.54. The fourth-order valence-electron chi connectivity index (χ4n) is 6.31. The Morgan fingerprint density at radius 3 is 2.83 bits per heavy atom. The normalized spacial score (nSPS) is 46.8. The molecule has 0 spiro atoms. The van der Waals surface area contributed by atoms with Crippen LogP contribution in [0.25, 0.3) is 0 Å². The number of carbonyl (C=O) groups is 1. The predicted molar refractivity (Wildman–Crippen MR) is 92.5 cm³/mol. The van der Waals surface area contributed by atoms with Gasteiger partial charge in [-0.2, -0.15) is 0 Å².